The molecule has 3 heteroatoms. The Hall–Kier alpha value is -2.39. The number of nitrogens with zero attached hydrogens (tertiary/aromatic N) is 1. The van der Waals surface area contributed by atoms with Crippen LogP contribution in [0.25, 0.3) is 10.9 Å². The highest BCUT2D eigenvalue weighted by Gasteiger charge is 2.11. The standard InChI is InChI=1S/C17H16N2O/c18-11-17(13-6-2-1-3-7-13)20-15-10-14-8-4-5-9-16(14)19-12-15/h1-10,12,17H,11,18H2. The minimum Gasteiger partial charge on any atom is -0.483 e. The van der Waals surface area contributed by atoms with Gasteiger partial charge < -0.3 is 10.5 Å². The smallest absolute Gasteiger partial charge is 0.139 e. The molecule has 0 bridgehead atoms. The lowest BCUT2D eigenvalue weighted by molar-refractivity contribution is 0.214. The zero-order valence-electron chi connectivity index (χ0n) is 11.1. The summed E-state index contributed by atoms with van der Waals surface area (Å²) in [5, 5.41) is 1.06. The lowest BCUT2D eigenvalue weighted by Crippen LogP contribution is -2.18. The maximum Gasteiger partial charge on any atom is 0.139 e. The summed E-state index contributed by atoms with van der Waals surface area (Å²) < 4.78 is 5.97. The SMILES string of the molecule is NCC(Oc1cnc2ccccc2c1)c1ccccc1. The van der Waals surface area contributed by atoms with E-state index >= 15 is 0 Å². The van der Waals surface area contributed by atoms with Gasteiger partial charge in [0.1, 0.15) is 11.9 Å². The molecular formula is C17H16N2O. The number of ether oxygens (including phenoxy) is 1. The summed E-state index contributed by atoms with van der Waals surface area (Å²) >= 11 is 0. The minimum absolute atomic E-state index is 0.154. The van der Waals surface area contributed by atoms with E-state index < -0.39 is 0 Å². The van der Waals surface area contributed by atoms with Crippen LogP contribution in [-0.4, -0.2) is 11.5 Å². The molecule has 3 rings (SSSR count). The minimum atomic E-state index is -0.154. The molecule has 0 aliphatic heterocycles. The molecule has 1 aromatic heterocycles. The Kier molecular flexibility index (Phi) is 3.61. The molecule has 0 aliphatic carbocycles. The maximum absolute atomic E-state index is 5.97. The summed E-state index contributed by atoms with van der Waals surface area (Å²) in [7, 11) is 0. The summed E-state index contributed by atoms with van der Waals surface area (Å²) in [6.07, 6.45) is 1.59. The molecular weight excluding hydrogens is 248 g/mol. The average Bonchev–Trinajstić information content (AvgIpc) is 2.53. The molecule has 0 radical (unpaired) electrons. The lowest BCUT2D eigenvalue weighted by Gasteiger charge is -2.17. The van der Waals surface area contributed by atoms with Crippen molar-refractivity contribution in [3.8, 4) is 5.75 Å². The van der Waals surface area contributed by atoms with Gasteiger partial charge in [-0.3, -0.25) is 4.98 Å². The fourth-order valence-corrected chi connectivity index (χ4v) is 2.20. The number of nitrogens with two attached hydrogens (primary N) is 1. The van der Waals surface area contributed by atoms with E-state index in [1.807, 2.05) is 60.7 Å². The van der Waals surface area contributed by atoms with Gasteiger partial charge in [0, 0.05) is 11.9 Å². The van der Waals surface area contributed by atoms with Crippen LogP contribution in [0.3, 0.4) is 0 Å². The van der Waals surface area contributed by atoms with E-state index in [0.717, 1.165) is 22.2 Å². The second-order valence-electron chi connectivity index (χ2n) is 4.62. The van der Waals surface area contributed by atoms with E-state index in [1.165, 1.54) is 0 Å². The normalized spacial score (nSPS) is 12.2. The van der Waals surface area contributed by atoms with Gasteiger partial charge in [0.15, 0.2) is 0 Å². The largest absolute Gasteiger partial charge is 0.483 e. The van der Waals surface area contributed by atoms with Crippen molar-refractivity contribution in [2.45, 2.75) is 6.10 Å². The van der Waals surface area contributed by atoms with Crippen LogP contribution in [0, 0.1) is 0 Å². The van der Waals surface area contributed by atoms with Crippen LogP contribution in [0.5, 0.6) is 5.75 Å². The lowest BCUT2D eigenvalue weighted by atomic mass is 10.1. The molecule has 3 aromatic rings. The molecule has 2 aromatic carbocycles. The summed E-state index contributed by atoms with van der Waals surface area (Å²) in [5.41, 5.74) is 7.85. The average molecular weight is 264 g/mol. The summed E-state index contributed by atoms with van der Waals surface area (Å²) in [6, 6.07) is 20.0. The second kappa shape index (κ2) is 5.72. The zero-order valence-corrected chi connectivity index (χ0v) is 11.1. The van der Waals surface area contributed by atoms with Crippen LogP contribution in [0.2, 0.25) is 0 Å². The Labute approximate surface area is 118 Å². The predicted molar refractivity (Wildman–Crippen MR) is 80.6 cm³/mol. The molecule has 0 amide bonds. The second-order valence-corrected chi connectivity index (χ2v) is 4.62. The van der Waals surface area contributed by atoms with Gasteiger partial charge >= 0.3 is 0 Å². The third-order valence-electron chi connectivity index (χ3n) is 3.23. The number of hydrogen-bond donors (Lipinski definition) is 1. The molecule has 0 fully saturated rings. The fraction of sp³-hybridized carbons (Fsp3) is 0.118. The third-order valence-corrected chi connectivity index (χ3v) is 3.23. The summed E-state index contributed by atoms with van der Waals surface area (Å²) in [4.78, 5) is 4.40. The summed E-state index contributed by atoms with van der Waals surface area (Å²) in [5.74, 6) is 0.739. The van der Waals surface area contributed by atoms with Gasteiger partial charge in [-0.1, -0.05) is 48.5 Å². The molecule has 100 valence electrons. The maximum atomic E-state index is 5.97. The van der Waals surface area contributed by atoms with Gasteiger partial charge in [-0.2, -0.15) is 0 Å². The number of para-hydroxylation sites is 1. The van der Waals surface area contributed by atoms with Crippen LogP contribution in [0.15, 0.2) is 66.9 Å². The zero-order chi connectivity index (χ0) is 13.8. The Morgan fingerprint density at radius 2 is 1.75 bits per heavy atom. The molecule has 1 unspecified atom stereocenters. The highest BCUT2D eigenvalue weighted by molar-refractivity contribution is 5.79. The van der Waals surface area contributed by atoms with E-state index in [1.54, 1.807) is 6.20 Å². The van der Waals surface area contributed by atoms with Gasteiger partial charge in [0.25, 0.3) is 0 Å². The summed E-state index contributed by atoms with van der Waals surface area (Å²) in [6.45, 7) is 0.427. The van der Waals surface area contributed by atoms with E-state index in [9.17, 15) is 0 Å². The molecule has 0 saturated carbocycles. The van der Waals surface area contributed by atoms with Crippen molar-refractivity contribution in [2.75, 3.05) is 6.54 Å². The van der Waals surface area contributed by atoms with E-state index in [2.05, 4.69) is 4.98 Å². The first-order valence-electron chi connectivity index (χ1n) is 6.63. The Bertz CT molecular complexity index is 697. The molecule has 0 spiro atoms. The van der Waals surface area contributed by atoms with Crippen molar-refractivity contribution in [1.82, 2.24) is 4.98 Å². The van der Waals surface area contributed by atoms with E-state index in [-0.39, 0.29) is 6.10 Å². The molecule has 3 nitrogen and oxygen atoms in total. The number of hydrogen-bond acceptors (Lipinski definition) is 3. The van der Waals surface area contributed by atoms with Crippen molar-refractivity contribution in [2.24, 2.45) is 5.73 Å². The van der Waals surface area contributed by atoms with Crippen molar-refractivity contribution in [3.05, 3.63) is 72.4 Å². The van der Waals surface area contributed by atoms with Crippen LogP contribution in [0.1, 0.15) is 11.7 Å². The topological polar surface area (TPSA) is 48.1 Å². The van der Waals surface area contributed by atoms with Crippen molar-refractivity contribution in [3.63, 3.8) is 0 Å². The predicted octanol–water partition coefficient (Wildman–Crippen LogP) is 3.31. The Balaban J connectivity index is 1.87. The molecule has 20 heavy (non-hydrogen) atoms. The molecule has 2 N–H and O–H groups in total. The van der Waals surface area contributed by atoms with Crippen LogP contribution < -0.4 is 10.5 Å². The first kappa shape index (κ1) is 12.6. The highest BCUT2D eigenvalue weighted by Crippen LogP contribution is 2.23. The molecule has 1 heterocycles. The first-order chi connectivity index (χ1) is 9.86. The number of benzene rings is 2. The van der Waals surface area contributed by atoms with Crippen molar-refractivity contribution in [1.29, 1.82) is 0 Å². The van der Waals surface area contributed by atoms with Gasteiger partial charge in [-0.15, -0.1) is 0 Å². The molecule has 0 saturated heterocycles. The monoisotopic (exact) mass is 264 g/mol. The van der Waals surface area contributed by atoms with Gasteiger partial charge in [0.2, 0.25) is 0 Å². The number of fused-ring (bicyclic) bond motifs is 1. The quantitative estimate of drug-likeness (QED) is 0.786. The molecule has 1 atom stereocenters. The number of aromatic nitrogens is 1. The van der Waals surface area contributed by atoms with Crippen LogP contribution in [0.4, 0.5) is 0 Å². The van der Waals surface area contributed by atoms with Crippen molar-refractivity contribution < 1.29 is 4.74 Å². The van der Waals surface area contributed by atoms with Gasteiger partial charge in [0.05, 0.1) is 11.7 Å². The molecule has 0 aliphatic rings. The Morgan fingerprint density at radius 1 is 1.00 bits per heavy atom. The van der Waals surface area contributed by atoms with Crippen LogP contribution >= 0.6 is 0 Å². The highest BCUT2D eigenvalue weighted by atomic mass is 16.5. The number of pyridine rings is 1. The van der Waals surface area contributed by atoms with E-state index in [0.29, 0.717) is 6.54 Å². The fourth-order valence-electron chi connectivity index (χ4n) is 2.20. The Morgan fingerprint density at radius 3 is 2.55 bits per heavy atom. The van der Waals surface area contributed by atoms with Crippen LogP contribution in [-0.2, 0) is 0 Å². The first-order valence-corrected chi connectivity index (χ1v) is 6.63. The third kappa shape index (κ3) is 2.63. The van der Waals surface area contributed by atoms with E-state index in [4.69, 9.17) is 10.5 Å². The van der Waals surface area contributed by atoms with Crippen molar-refractivity contribution >= 4 is 10.9 Å². The number of rotatable bonds is 4. The van der Waals surface area contributed by atoms with Gasteiger partial charge in [-0.25, -0.2) is 0 Å². The van der Waals surface area contributed by atoms with Gasteiger partial charge in [-0.05, 0) is 17.7 Å².